The fourth-order valence-corrected chi connectivity index (χ4v) is 2.63. The molecular formula is C12H21NO. The summed E-state index contributed by atoms with van der Waals surface area (Å²) in [6, 6.07) is 1.22. The van der Waals surface area contributed by atoms with Crippen molar-refractivity contribution in [2.24, 2.45) is 0 Å². The quantitative estimate of drug-likeness (QED) is 0.679. The van der Waals surface area contributed by atoms with Gasteiger partial charge in [-0.25, -0.2) is 0 Å². The second-order valence-electron chi connectivity index (χ2n) is 4.65. The SMILES string of the molecule is C=CCCC(C)NC1CC2CCC1O2. The molecule has 0 aromatic heterocycles. The average Bonchev–Trinajstić information content (AvgIpc) is 2.76. The van der Waals surface area contributed by atoms with E-state index in [-0.39, 0.29) is 0 Å². The first-order valence-corrected chi connectivity index (χ1v) is 5.82. The van der Waals surface area contributed by atoms with E-state index in [0.717, 1.165) is 6.42 Å². The Morgan fingerprint density at radius 2 is 2.43 bits per heavy atom. The van der Waals surface area contributed by atoms with Crippen molar-refractivity contribution in [2.75, 3.05) is 0 Å². The molecule has 0 amide bonds. The minimum absolute atomic E-state index is 0.506. The summed E-state index contributed by atoms with van der Waals surface area (Å²) in [5, 5.41) is 3.67. The first kappa shape index (κ1) is 10.2. The van der Waals surface area contributed by atoms with Crippen LogP contribution >= 0.6 is 0 Å². The minimum Gasteiger partial charge on any atom is -0.373 e. The molecule has 2 fully saturated rings. The third-order valence-electron chi connectivity index (χ3n) is 3.41. The number of nitrogens with one attached hydrogen (secondary N) is 1. The Balaban J connectivity index is 1.72. The molecule has 0 aromatic rings. The van der Waals surface area contributed by atoms with Crippen LogP contribution in [0.2, 0.25) is 0 Å². The maximum absolute atomic E-state index is 5.81. The highest BCUT2D eigenvalue weighted by Gasteiger charge is 2.40. The molecule has 2 saturated heterocycles. The molecule has 1 N–H and O–H groups in total. The highest BCUT2D eigenvalue weighted by atomic mass is 16.5. The van der Waals surface area contributed by atoms with Crippen molar-refractivity contribution >= 4 is 0 Å². The van der Waals surface area contributed by atoms with E-state index in [4.69, 9.17) is 4.74 Å². The molecule has 2 aliphatic heterocycles. The van der Waals surface area contributed by atoms with Gasteiger partial charge in [-0.1, -0.05) is 6.08 Å². The zero-order valence-electron chi connectivity index (χ0n) is 9.04. The van der Waals surface area contributed by atoms with Crippen LogP contribution in [0.5, 0.6) is 0 Å². The van der Waals surface area contributed by atoms with Crippen molar-refractivity contribution in [1.29, 1.82) is 0 Å². The van der Waals surface area contributed by atoms with E-state index in [9.17, 15) is 0 Å². The summed E-state index contributed by atoms with van der Waals surface area (Å²) < 4.78 is 5.81. The first-order chi connectivity index (χ1) is 6.79. The van der Waals surface area contributed by atoms with Crippen LogP contribution in [0.3, 0.4) is 0 Å². The van der Waals surface area contributed by atoms with Crippen LogP contribution in [0.15, 0.2) is 12.7 Å². The summed E-state index contributed by atoms with van der Waals surface area (Å²) in [6.45, 7) is 6.01. The number of ether oxygens (including phenoxy) is 1. The number of hydrogen-bond acceptors (Lipinski definition) is 2. The molecule has 2 nitrogen and oxygen atoms in total. The van der Waals surface area contributed by atoms with Crippen LogP contribution in [0.1, 0.15) is 39.0 Å². The van der Waals surface area contributed by atoms with Gasteiger partial charge < -0.3 is 10.1 Å². The lowest BCUT2D eigenvalue weighted by Gasteiger charge is -2.24. The van der Waals surface area contributed by atoms with Crippen LogP contribution in [-0.4, -0.2) is 24.3 Å². The smallest absolute Gasteiger partial charge is 0.0733 e. The Kier molecular flexibility index (Phi) is 3.24. The van der Waals surface area contributed by atoms with Gasteiger partial charge in [-0.3, -0.25) is 0 Å². The zero-order valence-corrected chi connectivity index (χ0v) is 9.04. The molecule has 14 heavy (non-hydrogen) atoms. The topological polar surface area (TPSA) is 21.3 Å². The lowest BCUT2D eigenvalue weighted by molar-refractivity contribution is 0.0961. The summed E-state index contributed by atoms with van der Waals surface area (Å²) in [4.78, 5) is 0. The Labute approximate surface area is 86.7 Å². The van der Waals surface area contributed by atoms with Gasteiger partial charge in [0, 0.05) is 12.1 Å². The molecule has 0 aromatic carbocycles. The van der Waals surface area contributed by atoms with Gasteiger partial charge in [-0.15, -0.1) is 6.58 Å². The van der Waals surface area contributed by atoms with Gasteiger partial charge in [0.25, 0.3) is 0 Å². The summed E-state index contributed by atoms with van der Waals surface area (Å²) in [5.41, 5.74) is 0. The monoisotopic (exact) mass is 195 g/mol. The average molecular weight is 195 g/mol. The lowest BCUT2D eigenvalue weighted by Crippen LogP contribution is -2.42. The van der Waals surface area contributed by atoms with Crippen molar-refractivity contribution in [1.82, 2.24) is 5.32 Å². The molecular weight excluding hydrogens is 174 g/mol. The molecule has 4 atom stereocenters. The van der Waals surface area contributed by atoms with E-state index in [2.05, 4.69) is 18.8 Å². The van der Waals surface area contributed by atoms with Gasteiger partial charge in [0.2, 0.25) is 0 Å². The normalized spacial score (nSPS) is 37.4. The van der Waals surface area contributed by atoms with Crippen molar-refractivity contribution in [3.05, 3.63) is 12.7 Å². The molecule has 2 aliphatic rings. The van der Waals surface area contributed by atoms with Gasteiger partial charge in [0.05, 0.1) is 12.2 Å². The second-order valence-corrected chi connectivity index (χ2v) is 4.65. The number of rotatable bonds is 5. The highest BCUT2D eigenvalue weighted by molar-refractivity contribution is 4.94. The lowest BCUT2D eigenvalue weighted by atomic mass is 9.94. The summed E-state index contributed by atoms with van der Waals surface area (Å²) in [6.07, 6.45) is 9.13. The molecule has 4 unspecified atom stereocenters. The van der Waals surface area contributed by atoms with Gasteiger partial charge in [-0.05, 0) is 39.0 Å². The van der Waals surface area contributed by atoms with Gasteiger partial charge >= 0.3 is 0 Å². The number of fused-ring (bicyclic) bond motifs is 2. The fraction of sp³-hybridized carbons (Fsp3) is 0.833. The van der Waals surface area contributed by atoms with Crippen LogP contribution in [-0.2, 0) is 4.74 Å². The largest absolute Gasteiger partial charge is 0.373 e. The number of hydrogen-bond donors (Lipinski definition) is 1. The molecule has 2 rings (SSSR count). The van der Waals surface area contributed by atoms with Crippen molar-refractivity contribution in [2.45, 2.75) is 63.3 Å². The second kappa shape index (κ2) is 4.45. The van der Waals surface area contributed by atoms with Crippen molar-refractivity contribution in [3.63, 3.8) is 0 Å². The molecule has 0 spiro atoms. The maximum Gasteiger partial charge on any atom is 0.0733 e. The first-order valence-electron chi connectivity index (χ1n) is 5.82. The minimum atomic E-state index is 0.506. The van der Waals surface area contributed by atoms with E-state index >= 15 is 0 Å². The number of allylic oxidation sites excluding steroid dienone is 1. The predicted molar refractivity (Wildman–Crippen MR) is 58.3 cm³/mol. The molecule has 0 radical (unpaired) electrons. The highest BCUT2D eigenvalue weighted by Crippen LogP contribution is 2.34. The van der Waals surface area contributed by atoms with Crippen LogP contribution in [0.4, 0.5) is 0 Å². The molecule has 80 valence electrons. The third-order valence-corrected chi connectivity index (χ3v) is 3.41. The van der Waals surface area contributed by atoms with E-state index in [1.165, 1.54) is 25.7 Å². The Morgan fingerprint density at radius 1 is 1.57 bits per heavy atom. The van der Waals surface area contributed by atoms with Gasteiger partial charge in [0.15, 0.2) is 0 Å². The molecule has 2 heteroatoms. The molecule has 0 saturated carbocycles. The summed E-state index contributed by atoms with van der Waals surface area (Å²) >= 11 is 0. The van der Waals surface area contributed by atoms with Crippen molar-refractivity contribution < 1.29 is 4.74 Å². The Morgan fingerprint density at radius 3 is 3.00 bits per heavy atom. The predicted octanol–water partition coefficient (Wildman–Crippen LogP) is 2.25. The standard InChI is InChI=1S/C12H21NO/c1-3-4-5-9(2)13-11-8-10-6-7-12(11)14-10/h3,9-13H,1,4-8H2,2H3. The zero-order chi connectivity index (χ0) is 9.97. The van der Waals surface area contributed by atoms with Crippen molar-refractivity contribution in [3.8, 4) is 0 Å². The van der Waals surface area contributed by atoms with E-state index in [1.807, 2.05) is 6.08 Å². The maximum atomic E-state index is 5.81. The van der Waals surface area contributed by atoms with Crippen LogP contribution in [0, 0.1) is 0 Å². The van der Waals surface area contributed by atoms with Crippen LogP contribution < -0.4 is 5.32 Å². The summed E-state index contributed by atoms with van der Waals surface area (Å²) in [7, 11) is 0. The van der Waals surface area contributed by atoms with E-state index < -0.39 is 0 Å². The summed E-state index contributed by atoms with van der Waals surface area (Å²) in [5.74, 6) is 0. The Hall–Kier alpha value is -0.340. The van der Waals surface area contributed by atoms with E-state index in [1.54, 1.807) is 0 Å². The third kappa shape index (κ3) is 2.18. The molecule has 0 aliphatic carbocycles. The Bertz CT molecular complexity index is 204. The molecule has 2 bridgehead atoms. The van der Waals surface area contributed by atoms with E-state index in [0.29, 0.717) is 24.3 Å². The van der Waals surface area contributed by atoms with Crippen LogP contribution in [0.25, 0.3) is 0 Å². The van der Waals surface area contributed by atoms with Gasteiger partial charge in [0.1, 0.15) is 0 Å². The fourth-order valence-electron chi connectivity index (χ4n) is 2.63. The van der Waals surface area contributed by atoms with Gasteiger partial charge in [-0.2, -0.15) is 0 Å². The molecule has 2 heterocycles.